The van der Waals surface area contributed by atoms with Crippen LogP contribution in [0, 0.1) is 24.7 Å². The fraction of sp³-hybridized carbons (Fsp3) is 0.240. The third kappa shape index (κ3) is 3.59. The first-order chi connectivity index (χ1) is 14.4. The molecule has 0 radical (unpaired) electrons. The molecule has 0 saturated heterocycles. The number of aryl methyl sites for hydroxylation is 1. The van der Waals surface area contributed by atoms with Crippen LogP contribution in [0.4, 0.5) is 0 Å². The zero-order valence-electron chi connectivity index (χ0n) is 16.9. The number of carbonyl (C=O) groups is 1. The van der Waals surface area contributed by atoms with Gasteiger partial charge in [-0.2, -0.15) is 4.31 Å². The Balaban J connectivity index is 1.70. The number of ketones is 1. The molecule has 1 unspecified atom stereocenters. The van der Waals surface area contributed by atoms with Crippen LogP contribution in [-0.4, -0.2) is 31.1 Å². The Hall–Kier alpha value is -2.76. The standard InChI is InChI=1S/C25H25NO3S/c1-3-17-26(30(28,29)21-13-9-18(2)10-14-21)23-16-12-19-11-15-22(23)24(19)25(27)20-7-5-4-6-8-20/h3-16,19,22-24H,1,17H2,2H3/t19-,22+,23-,24?/m1/s1. The monoisotopic (exact) mass is 419 g/mol. The van der Waals surface area contributed by atoms with E-state index in [1.54, 1.807) is 30.3 Å². The quantitative estimate of drug-likeness (QED) is 0.493. The van der Waals surface area contributed by atoms with Gasteiger partial charge < -0.3 is 0 Å². The Morgan fingerprint density at radius 3 is 2.33 bits per heavy atom. The highest BCUT2D eigenvalue weighted by Crippen LogP contribution is 2.43. The van der Waals surface area contributed by atoms with Crippen molar-refractivity contribution in [1.29, 1.82) is 0 Å². The Morgan fingerprint density at radius 1 is 1.00 bits per heavy atom. The first kappa shape index (κ1) is 20.5. The van der Waals surface area contributed by atoms with E-state index >= 15 is 0 Å². The molecule has 4 rings (SSSR count). The minimum atomic E-state index is -3.75. The van der Waals surface area contributed by atoms with E-state index in [-0.39, 0.29) is 35.0 Å². The normalized spacial score (nSPS) is 24.9. The summed E-state index contributed by atoms with van der Waals surface area (Å²) in [5.41, 5.74) is 1.66. The summed E-state index contributed by atoms with van der Waals surface area (Å²) < 4.78 is 28.4. The summed E-state index contributed by atoms with van der Waals surface area (Å²) in [5, 5.41) is 0. The van der Waals surface area contributed by atoms with Crippen LogP contribution in [-0.2, 0) is 10.0 Å². The minimum absolute atomic E-state index is 0.00776. The van der Waals surface area contributed by atoms with Crippen molar-refractivity contribution in [2.45, 2.75) is 17.9 Å². The van der Waals surface area contributed by atoms with Crippen molar-refractivity contribution < 1.29 is 13.2 Å². The van der Waals surface area contributed by atoms with Gasteiger partial charge in [-0.15, -0.1) is 6.58 Å². The molecule has 2 aliphatic rings. The summed E-state index contributed by atoms with van der Waals surface area (Å²) in [5.74, 6) is -0.473. The van der Waals surface area contributed by atoms with Gasteiger partial charge in [-0.1, -0.05) is 78.4 Å². The van der Waals surface area contributed by atoms with Gasteiger partial charge in [0.1, 0.15) is 0 Å². The van der Waals surface area contributed by atoms with Gasteiger partial charge in [0.05, 0.1) is 10.9 Å². The topological polar surface area (TPSA) is 54.5 Å². The highest BCUT2D eigenvalue weighted by Gasteiger charge is 2.46. The van der Waals surface area contributed by atoms with Gasteiger partial charge in [-0.05, 0) is 19.1 Å². The molecule has 2 aliphatic carbocycles. The lowest BCUT2D eigenvalue weighted by Crippen LogP contribution is -2.47. The molecule has 0 aliphatic heterocycles. The van der Waals surface area contributed by atoms with Gasteiger partial charge in [0.15, 0.2) is 5.78 Å². The van der Waals surface area contributed by atoms with Crippen molar-refractivity contribution in [3.05, 3.63) is 103 Å². The number of rotatable bonds is 7. The van der Waals surface area contributed by atoms with Gasteiger partial charge in [-0.25, -0.2) is 8.42 Å². The predicted octanol–water partition coefficient (Wildman–Crippen LogP) is 4.41. The third-order valence-electron chi connectivity index (χ3n) is 5.94. The van der Waals surface area contributed by atoms with Crippen LogP contribution >= 0.6 is 0 Å². The second-order valence-corrected chi connectivity index (χ2v) is 9.74. The van der Waals surface area contributed by atoms with Crippen molar-refractivity contribution in [2.24, 2.45) is 17.8 Å². The first-order valence-corrected chi connectivity index (χ1v) is 11.5. The van der Waals surface area contributed by atoms with Crippen molar-refractivity contribution in [1.82, 2.24) is 4.31 Å². The van der Waals surface area contributed by atoms with Crippen LogP contribution in [0.25, 0.3) is 0 Å². The molecule has 0 heterocycles. The number of carbonyl (C=O) groups excluding carboxylic acids is 1. The first-order valence-electron chi connectivity index (χ1n) is 10.1. The van der Waals surface area contributed by atoms with Gasteiger partial charge in [0.2, 0.25) is 10.0 Å². The molecular formula is C25H25NO3S. The zero-order valence-corrected chi connectivity index (χ0v) is 17.7. The molecule has 2 bridgehead atoms. The molecule has 0 N–H and O–H groups in total. The molecule has 0 spiro atoms. The number of Topliss-reactive ketones (excluding diaryl/α,β-unsaturated/α-hetero) is 1. The average Bonchev–Trinajstić information content (AvgIpc) is 3.06. The van der Waals surface area contributed by atoms with Crippen molar-refractivity contribution in [3.63, 3.8) is 0 Å². The fourth-order valence-corrected chi connectivity index (χ4v) is 6.00. The molecule has 0 amide bonds. The summed E-state index contributed by atoms with van der Waals surface area (Å²) in [6.07, 6.45) is 9.52. The second-order valence-electron chi connectivity index (χ2n) is 7.85. The maximum absolute atomic E-state index is 13.5. The Bertz CT molecular complexity index is 1100. The summed E-state index contributed by atoms with van der Waals surface area (Å²) in [6.45, 7) is 5.86. The summed E-state index contributed by atoms with van der Waals surface area (Å²) in [4.78, 5) is 13.5. The summed E-state index contributed by atoms with van der Waals surface area (Å²) >= 11 is 0. The molecule has 0 fully saturated rings. The number of fused-ring (bicyclic) bond motifs is 2. The maximum Gasteiger partial charge on any atom is 0.243 e. The van der Waals surface area contributed by atoms with Crippen molar-refractivity contribution >= 4 is 15.8 Å². The lowest BCUT2D eigenvalue weighted by Gasteiger charge is -2.38. The number of hydrogen-bond acceptors (Lipinski definition) is 3. The fourth-order valence-electron chi connectivity index (χ4n) is 4.42. The highest BCUT2D eigenvalue weighted by molar-refractivity contribution is 7.89. The van der Waals surface area contributed by atoms with Gasteiger partial charge in [-0.3, -0.25) is 4.79 Å². The van der Waals surface area contributed by atoms with E-state index in [1.165, 1.54) is 4.31 Å². The number of nitrogens with zero attached hydrogens (tertiary/aromatic N) is 1. The molecule has 4 atom stereocenters. The van der Waals surface area contributed by atoms with Crippen LogP contribution in [0.2, 0.25) is 0 Å². The lowest BCUT2D eigenvalue weighted by atomic mass is 9.75. The van der Waals surface area contributed by atoms with Crippen LogP contribution in [0.5, 0.6) is 0 Å². The highest BCUT2D eigenvalue weighted by atomic mass is 32.2. The Morgan fingerprint density at radius 2 is 1.67 bits per heavy atom. The van der Waals surface area contributed by atoms with Gasteiger partial charge >= 0.3 is 0 Å². The van der Waals surface area contributed by atoms with Gasteiger partial charge in [0, 0.05) is 29.9 Å². The van der Waals surface area contributed by atoms with E-state index in [2.05, 4.69) is 6.58 Å². The van der Waals surface area contributed by atoms with E-state index in [0.29, 0.717) is 5.56 Å². The van der Waals surface area contributed by atoms with Crippen LogP contribution in [0.1, 0.15) is 15.9 Å². The Kier molecular flexibility index (Phi) is 5.58. The minimum Gasteiger partial charge on any atom is -0.294 e. The van der Waals surface area contributed by atoms with Crippen LogP contribution < -0.4 is 0 Å². The molecule has 0 aromatic heterocycles. The number of allylic oxidation sites excluding steroid dienone is 2. The van der Waals surface area contributed by atoms with E-state index < -0.39 is 16.1 Å². The van der Waals surface area contributed by atoms with Crippen molar-refractivity contribution in [2.75, 3.05) is 6.54 Å². The molecule has 0 saturated carbocycles. The van der Waals surface area contributed by atoms with E-state index in [4.69, 9.17) is 0 Å². The molecule has 30 heavy (non-hydrogen) atoms. The zero-order chi connectivity index (χ0) is 21.3. The molecule has 2 aromatic rings. The number of benzene rings is 2. The lowest BCUT2D eigenvalue weighted by molar-refractivity contribution is 0.0844. The van der Waals surface area contributed by atoms with E-state index in [1.807, 2.05) is 61.6 Å². The molecular weight excluding hydrogens is 394 g/mol. The average molecular weight is 420 g/mol. The molecule has 4 nitrogen and oxygen atoms in total. The summed E-state index contributed by atoms with van der Waals surface area (Å²) in [6, 6.07) is 15.6. The molecule has 2 aromatic carbocycles. The van der Waals surface area contributed by atoms with Crippen molar-refractivity contribution in [3.8, 4) is 0 Å². The van der Waals surface area contributed by atoms with Gasteiger partial charge in [0.25, 0.3) is 0 Å². The SMILES string of the molecule is C=CCN([C@@H]1C=C[C@H]2C=C[C@@H]1C2C(=O)c1ccccc1)S(=O)(=O)c1ccc(C)cc1. The Labute approximate surface area is 178 Å². The number of hydrogen-bond donors (Lipinski definition) is 0. The third-order valence-corrected chi connectivity index (χ3v) is 7.82. The molecule has 154 valence electrons. The maximum atomic E-state index is 13.5. The van der Waals surface area contributed by atoms with E-state index in [0.717, 1.165) is 5.56 Å². The van der Waals surface area contributed by atoms with Crippen LogP contribution in [0.15, 0.2) is 96.5 Å². The van der Waals surface area contributed by atoms with E-state index in [9.17, 15) is 13.2 Å². The molecule has 5 heteroatoms. The summed E-state index contributed by atoms with van der Waals surface area (Å²) in [7, 11) is -3.75. The van der Waals surface area contributed by atoms with Crippen LogP contribution in [0.3, 0.4) is 0 Å². The largest absolute Gasteiger partial charge is 0.294 e. The second kappa shape index (κ2) is 8.17. The number of sulfonamides is 1. The predicted molar refractivity (Wildman–Crippen MR) is 119 cm³/mol. The smallest absolute Gasteiger partial charge is 0.243 e.